The number of para-hydroxylation sites is 6. The number of rotatable bonds is 10. The zero-order valence-electron chi connectivity index (χ0n) is 68.4. The molecule has 0 spiro atoms. The molecule has 588 valence electrons. The van der Waals surface area contributed by atoms with Crippen molar-refractivity contribution < 1.29 is 0 Å². The molecule has 0 unspecified atom stereocenters. The largest absolute Gasteiger partial charge is 0.343 e. The molecule has 0 radical (unpaired) electrons. The second-order valence-corrected chi connectivity index (χ2v) is 36.9. The summed E-state index contributed by atoms with van der Waals surface area (Å²) in [5.41, 5.74) is 32.3. The number of fused-ring (bicyclic) bond motifs is 16. The average molecular weight is 1660 g/mol. The van der Waals surface area contributed by atoms with E-state index in [1.165, 1.54) is 161 Å². The Kier molecular flexibility index (Phi) is 16.3. The van der Waals surface area contributed by atoms with E-state index < -0.39 is 0 Å². The maximum atomic E-state index is 5.31. The molecule has 0 aliphatic heterocycles. The molecule has 0 bridgehead atoms. The van der Waals surface area contributed by atoms with E-state index in [1.54, 1.807) is 45.3 Å². The fraction of sp³-hybridized carbons (Fsp3) is 0.0545. The standard InChI is InChI=1S/C59H39N5S2.C51H35N5S2/c1-34-20-24-41(25-21-34)64-48-26-22-39(56-54(58-60-46-16-8-10-18-52(46)65-58)44-28-35-12-4-6-14-37(35)32-50(44)62(56)2)30-42(48)43-31-40(23-27-49(43)64)57-55(59-61-47-17-9-11-19-53(47)66-59)45-29-36-13-5-7-15-38(36)33-51(45)63(57)3;1-30-20-24-33(25-21-30)56-42-26-22-31(48-46(34-12-4-8-16-40(34)54(48)2)50-52-38-14-6-10-18-44(38)57-50)28-36(42)37-29-32(23-27-43(37)56)49-47(35-13-5-9-17-41(35)55(49)3)51-53-39-15-7-11-19-45(39)58-51/h4-33H,1-3H3;4-29H,1-3H3. The van der Waals surface area contributed by atoms with Crippen LogP contribution in [0.25, 0.3) is 248 Å². The van der Waals surface area contributed by atoms with Gasteiger partial charge in [0.2, 0.25) is 0 Å². The Morgan fingerprint density at radius 3 is 0.774 bits per heavy atom. The molecule has 0 aliphatic carbocycles. The highest BCUT2D eigenvalue weighted by atomic mass is 32.1. The van der Waals surface area contributed by atoms with Crippen LogP contribution < -0.4 is 0 Å². The van der Waals surface area contributed by atoms with E-state index in [-0.39, 0.29) is 0 Å². The summed E-state index contributed by atoms with van der Waals surface area (Å²) in [5.74, 6) is 0. The van der Waals surface area contributed by atoms with Crippen LogP contribution in [-0.4, -0.2) is 47.3 Å². The maximum absolute atomic E-state index is 5.31. The van der Waals surface area contributed by atoms with Gasteiger partial charge in [-0.25, -0.2) is 19.9 Å². The highest BCUT2D eigenvalue weighted by Crippen LogP contribution is 2.52. The SMILES string of the molecule is Cc1ccc(-n2c3ccc(-c4c(-c5nc6ccccc6s5)c5cc6ccccc6cc5n4C)cc3c3cc(-c4c(-c5nc6ccccc6s5)c5cc6ccccc6cc5n4C)ccc32)cc1.Cc1ccc(-n2c3ccc(-c4c(-c5nc6ccccc6s5)c5ccccc5n4C)cc3c3cc(-c4c(-c5nc6ccccc6s5)c5ccccc5n4C)ccc32)cc1. The minimum atomic E-state index is 1.03. The number of benzene rings is 16. The van der Waals surface area contributed by atoms with Gasteiger partial charge in [-0.1, -0.05) is 193 Å². The van der Waals surface area contributed by atoms with E-state index in [1.807, 2.05) is 0 Å². The Balaban J connectivity index is 0.000000137. The topological polar surface area (TPSA) is 81.1 Å². The summed E-state index contributed by atoms with van der Waals surface area (Å²) in [6.45, 7) is 4.30. The monoisotopic (exact) mass is 1660 g/mol. The van der Waals surface area contributed by atoms with Gasteiger partial charge in [0.25, 0.3) is 0 Å². The molecule has 14 heteroatoms. The van der Waals surface area contributed by atoms with Crippen molar-refractivity contribution in [2.75, 3.05) is 0 Å². The van der Waals surface area contributed by atoms with Crippen LogP contribution in [0.4, 0.5) is 0 Å². The van der Waals surface area contributed by atoms with Crippen molar-refractivity contribution in [3.8, 4) is 98.7 Å². The average Bonchev–Trinajstić information content (AvgIpc) is 1.57. The van der Waals surface area contributed by atoms with E-state index in [4.69, 9.17) is 19.9 Å². The summed E-state index contributed by atoms with van der Waals surface area (Å²) in [5, 5.41) is 18.7. The number of thiazole rings is 4. The molecule has 0 aliphatic rings. The third kappa shape index (κ3) is 11.2. The van der Waals surface area contributed by atoms with Gasteiger partial charge >= 0.3 is 0 Å². The van der Waals surface area contributed by atoms with Crippen molar-refractivity contribution in [2.45, 2.75) is 13.8 Å². The van der Waals surface area contributed by atoms with Crippen LogP contribution in [0, 0.1) is 13.8 Å². The lowest BCUT2D eigenvalue weighted by Crippen LogP contribution is -1.95. The van der Waals surface area contributed by atoms with Crippen molar-refractivity contribution in [1.29, 1.82) is 0 Å². The van der Waals surface area contributed by atoms with Crippen LogP contribution in [0.3, 0.4) is 0 Å². The predicted molar refractivity (Wildman–Crippen MR) is 528 cm³/mol. The molecular weight excluding hydrogens is 1590 g/mol. The first-order valence-electron chi connectivity index (χ1n) is 41.9. The summed E-state index contributed by atoms with van der Waals surface area (Å²) in [7, 11) is 8.81. The van der Waals surface area contributed by atoms with Gasteiger partial charge in [0.05, 0.1) is 85.7 Å². The third-order valence-electron chi connectivity index (χ3n) is 25.6. The smallest absolute Gasteiger partial charge is 0.127 e. The summed E-state index contributed by atoms with van der Waals surface area (Å²) in [4.78, 5) is 21.0. The molecule has 0 atom stereocenters. The summed E-state index contributed by atoms with van der Waals surface area (Å²) in [6, 6.07) is 124. The van der Waals surface area contributed by atoms with Crippen LogP contribution in [0.5, 0.6) is 0 Å². The van der Waals surface area contributed by atoms with Crippen LogP contribution in [0.2, 0.25) is 0 Å². The molecule has 0 N–H and O–H groups in total. The molecule has 124 heavy (non-hydrogen) atoms. The van der Waals surface area contributed by atoms with Gasteiger partial charge in [-0.3, -0.25) is 0 Å². The van der Waals surface area contributed by atoms with Crippen LogP contribution in [-0.2, 0) is 28.2 Å². The lowest BCUT2D eigenvalue weighted by atomic mass is 10.00. The number of hydrogen-bond acceptors (Lipinski definition) is 8. The van der Waals surface area contributed by atoms with Gasteiger partial charge < -0.3 is 27.4 Å². The molecule has 10 aromatic heterocycles. The summed E-state index contributed by atoms with van der Waals surface area (Å²) >= 11 is 7.07. The van der Waals surface area contributed by atoms with Gasteiger partial charge in [-0.15, -0.1) is 45.3 Å². The van der Waals surface area contributed by atoms with E-state index in [9.17, 15) is 0 Å². The number of hydrogen-bond donors (Lipinski definition) is 0. The van der Waals surface area contributed by atoms with Gasteiger partial charge in [-0.2, -0.15) is 0 Å². The zero-order valence-corrected chi connectivity index (χ0v) is 71.7. The second-order valence-electron chi connectivity index (χ2n) is 32.8. The number of aryl methyl sites for hydroxylation is 6. The Labute approximate surface area is 728 Å². The van der Waals surface area contributed by atoms with Crippen LogP contribution in [0.15, 0.2) is 340 Å². The fourth-order valence-electron chi connectivity index (χ4n) is 19.7. The number of nitrogens with zero attached hydrogens (tertiary/aromatic N) is 10. The maximum Gasteiger partial charge on any atom is 0.127 e. The Bertz CT molecular complexity index is 8370. The Morgan fingerprint density at radius 2 is 0.468 bits per heavy atom. The van der Waals surface area contributed by atoms with E-state index in [0.717, 1.165) is 98.1 Å². The minimum absolute atomic E-state index is 1.03. The highest BCUT2D eigenvalue weighted by molar-refractivity contribution is 7.23. The molecule has 16 aromatic carbocycles. The zero-order chi connectivity index (χ0) is 82.4. The van der Waals surface area contributed by atoms with E-state index in [2.05, 4.69) is 409 Å². The van der Waals surface area contributed by atoms with Crippen molar-refractivity contribution >= 4 is 195 Å². The molecule has 0 amide bonds. The minimum Gasteiger partial charge on any atom is -0.343 e. The lowest BCUT2D eigenvalue weighted by molar-refractivity contribution is 0.979. The molecule has 26 aromatic rings. The molecule has 26 rings (SSSR count). The summed E-state index contributed by atoms with van der Waals surface area (Å²) < 4.78 is 19.1. The lowest BCUT2D eigenvalue weighted by Gasteiger charge is -2.10. The predicted octanol–water partition coefficient (Wildman–Crippen LogP) is 30.2. The van der Waals surface area contributed by atoms with Crippen molar-refractivity contribution in [3.05, 3.63) is 351 Å². The van der Waals surface area contributed by atoms with E-state index in [0.29, 0.717) is 0 Å². The number of aromatic nitrogens is 10. The molecule has 0 saturated carbocycles. The first-order chi connectivity index (χ1) is 60.9. The molecule has 10 nitrogen and oxygen atoms in total. The van der Waals surface area contributed by atoms with Gasteiger partial charge in [0.15, 0.2) is 0 Å². The molecule has 0 fully saturated rings. The molecule has 10 heterocycles. The van der Waals surface area contributed by atoms with Crippen LogP contribution >= 0.6 is 45.3 Å². The third-order valence-corrected chi connectivity index (χ3v) is 29.8. The Morgan fingerprint density at radius 1 is 0.210 bits per heavy atom. The van der Waals surface area contributed by atoms with Crippen molar-refractivity contribution in [2.24, 2.45) is 28.2 Å². The van der Waals surface area contributed by atoms with E-state index >= 15 is 0 Å². The first-order valence-corrected chi connectivity index (χ1v) is 45.1. The first kappa shape index (κ1) is 72.2. The second kappa shape index (κ2) is 28.0. The quantitative estimate of drug-likeness (QED) is 0.137. The highest BCUT2D eigenvalue weighted by Gasteiger charge is 2.30. The fourth-order valence-corrected chi connectivity index (χ4v) is 23.8. The van der Waals surface area contributed by atoms with Crippen molar-refractivity contribution in [1.82, 2.24) is 47.3 Å². The molecular formula is C110H74N10S4. The molecule has 0 saturated heterocycles. The van der Waals surface area contributed by atoms with Gasteiger partial charge in [-0.05, 0) is 215 Å². The summed E-state index contributed by atoms with van der Waals surface area (Å²) in [6.07, 6.45) is 0. The van der Waals surface area contributed by atoms with Gasteiger partial charge in [0.1, 0.15) is 20.0 Å². The normalized spacial score (nSPS) is 12.1. The Hall–Kier alpha value is -14.6. The van der Waals surface area contributed by atoms with Crippen molar-refractivity contribution in [3.63, 3.8) is 0 Å². The van der Waals surface area contributed by atoms with Crippen LogP contribution in [0.1, 0.15) is 11.1 Å². The van der Waals surface area contributed by atoms with Gasteiger partial charge in [0, 0.05) is 127 Å².